The molecule has 2 heterocycles. The van der Waals surface area contributed by atoms with E-state index < -0.39 is 0 Å². The van der Waals surface area contributed by atoms with Gasteiger partial charge in [-0.1, -0.05) is 11.6 Å². The van der Waals surface area contributed by atoms with Crippen LogP contribution in [-0.2, 0) is 13.0 Å². The summed E-state index contributed by atoms with van der Waals surface area (Å²) in [6.07, 6.45) is 1.14. The summed E-state index contributed by atoms with van der Waals surface area (Å²) in [6, 6.07) is 8.99. The van der Waals surface area contributed by atoms with E-state index in [1.54, 1.807) is 0 Å². The van der Waals surface area contributed by atoms with Crippen molar-refractivity contribution in [2.45, 2.75) is 19.9 Å². The summed E-state index contributed by atoms with van der Waals surface area (Å²) in [5.41, 5.74) is 9.88. The third-order valence-electron chi connectivity index (χ3n) is 3.41. The molecule has 1 aromatic carbocycles. The number of rotatable bonds is 1. The van der Waals surface area contributed by atoms with Crippen molar-refractivity contribution < 1.29 is 0 Å². The maximum absolute atomic E-state index is 5.73. The topological polar surface area (TPSA) is 30.9 Å². The first kappa shape index (κ1) is 8.98. The van der Waals surface area contributed by atoms with Gasteiger partial charge >= 0.3 is 0 Å². The van der Waals surface area contributed by atoms with Crippen LogP contribution in [0.4, 0.5) is 0 Å². The summed E-state index contributed by atoms with van der Waals surface area (Å²) < 4.78 is 2.42. The number of benzene rings is 1. The van der Waals surface area contributed by atoms with Crippen molar-refractivity contribution in [1.82, 2.24) is 4.57 Å². The lowest BCUT2D eigenvalue weighted by Gasteiger charge is -2.05. The maximum Gasteiger partial charge on any atom is 0.0482 e. The van der Waals surface area contributed by atoms with Gasteiger partial charge < -0.3 is 10.3 Å². The second kappa shape index (κ2) is 3.11. The van der Waals surface area contributed by atoms with Crippen molar-refractivity contribution in [3.63, 3.8) is 0 Å². The van der Waals surface area contributed by atoms with Crippen LogP contribution in [0.5, 0.6) is 0 Å². The van der Waals surface area contributed by atoms with Gasteiger partial charge in [-0.25, -0.2) is 0 Å². The van der Waals surface area contributed by atoms with Crippen molar-refractivity contribution in [1.29, 1.82) is 0 Å². The van der Waals surface area contributed by atoms with E-state index >= 15 is 0 Å². The number of nitrogens with two attached hydrogens (primary N) is 1. The fraction of sp³-hybridized carbons (Fsp3) is 0.385. The zero-order valence-electron chi connectivity index (χ0n) is 9.03. The molecule has 1 aliphatic rings. The predicted molar refractivity (Wildman–Crippen MR) is 62.9 cm³/mol. The fourth-order valence-electron chi connectivity index (χ4n) is 2.61. The highest BCUT2D eigenvalue weighted by molar-refractivity contribution is 5.82. The first-order valence-electron chi connectivity index (χ1n) is 5.57. The molecule has 3 rings (SSSR count). The monoisotopic (exact) mass is 200 g/mol. The van der Waals surface area contributed by atoms with Crippen LogP contribution in [0.1, 0.15) is 11.3 Å². The number of hydrogen-bond acceptors (Lipinski definition) is 1. The van der Waals surface area contributed by atoms with Gasteiger partial charge in [0.05, 0.1) is 0 Å². The van der Waals surface area contributed by atoms with Gasteiger partial charge in [0.25, 0.3) is 0 Å². The first-order valence-corrected chi connectivity index (χ1v) is 5.57. The molecule has 0 aliphatic carbocycles. The standard InChI is InChI=1S/C13H16N2/c1-9-2-3-13-11(4-9)6-12-5-10(7-14)8-15(12)13/h2-4,6,10H,5,7-8,14H2,1H3. The van der Waals surface area contributed by atoms with Crippen molar-refractivity contribution in [2.75, 3.05) is 6.54 Å². The summed E-state index contributed by atoms with van der Waals surface area (Å²) in [5, 5.41) is 1.38. The Kier molecular flexibility index (Phi) is 1.86. The van der Waals surface area contributed by atoms with E-state index in [2.05, 4.69) is 35.8 Å². The van der Waals surface area contributed by atoms with Crippen molar-refractivity contribution in [2.24, 2.45) is 11.7 Å². The summed E-state index contributed by atoms with van der Waals surface area (Å²) in [5.74, 6) is 0.644. The molecule has 2 aromatic rings. The zero-order chi connectivity index (χ0) is 10.4. The first-order chi connectivity index (χ1) is 7.28. The van der Waals surface area contributed by atoms with Crippen molar-refractivity contribution in [3.05, 3.63) is 35.5 Å². The minimum atomic E-state index is 0.644. The van der Waals surface area contributed by atoms with Crippen LogP contribution in [0.15, 0.2) is 24.3 Å². The van der Waals surface area contributed by atoms with E-state index in [0.29, 0.717) is 5.92 Å². The van der Waals surface area contributed by atoms with Gasteiger partial charge in [0.2, 0.25) is 0 Å². The molecule has 1 aliphatic heterocycles. The number of nitrogens with zero attached hydrogens (tertiary/aromatic N) is 1. The average molecular weight is 200 g/mol. The van der Waals surface area contributed by atoms with Crippen LogP contribution in [-0.4, -0.2) is 11.1 Å². The molecule has 0 amide bonds. The molecule has 15 heavy (non-hydrogen) atoms. The van der Waals surface area contributed by atoms with E-state index in [1.165, 1.54) is 22.2 Å². The Morgan fingerprint density at radius 2 is 2.27 bits per heavy atom. The lowest BCUT2D eigenvalue weighted by Crippen LogP contribution is -2.15. The highest BCUT2D eigenvalue weighted by Crippen LogP contribution is 2.28. The number of aromatic nitrogens is 1. The van der Waals surface area contributed by atoms with Gasteiger partial charge in [-0.3, -0.25) is 0 Å². The quantitative estimate of drug-likeness (QED) is 0.750. The van der Waals surface area contributed by atoms with Crippen LogP contribution in [0.2, 0.25) is 0 Å². The molecule has 0 radical (unpaired) electrons. The molecule has 1 atom stereocenters. The number of hydrogen-bond donors (Lipinski definition) is 1. The summed E-state index contributed by atoms with van der Waals surface area (Å²) in [4.78, 5) is 0. The molecular formula is C13H16N2. The summed E-state index contributed by atoms with van der Waals surface area (Å²) in [7, 11) is 0. The molecule has 0 fully saturated rings. The Hall–Kier alpha value is -1.28. The fourth-order valence-corrected chi connectivity index (χ4v) is 2.61. The molecule has 78 valence electrons. The van der Waals surface area contributed by atoms with Gasteiger partial charge in [-0.15, -0.1) is 0 Å². The van der Waals surface area contributed by atoms with E-state index in [0.717, 1.165) is 19.5 Å². The molecule has 0 spiro atoms. The normalized spacial score (nSPS) is 19.7. The molecule has 0 bridgehead atoms. The maximum atomic E-state index is 5.73. The van der Waals surface area contributed by atoms with Gasteiger partial charge in [-0.05, 0) is 44.0 Å². The van der Waals surface area contributed by atoms with Crippen LogP contribution < -0.4 is 5.73 Å². The summed E-state index contributed by atoms with van der Waals surface area (Å²) >= 11 is 0. The number of fused-ring (bicyclic) bond motifs is 3. The third-order valence-corrected chi connectivity index (χ3v) is 3.41. The minimum Gasteiger partial charge on any atom is -0.344 e. The van der Waals surface area contributed by atoms with E-state index in [1.807, 2.05) is 0 Å². The van der Waals surface area contributed by atoms with Crippen LogP contribution in [0.3, 0.4) is 0 Å². The molecule has 0 saturated heterocycles. The lowest BCUT2D eigenvalue weighted by atomic mass is 10.1. The molecule has 1 unspecified atom stereocenters. The molecular weight excluding hydrogens is 184 g/mol. The van der Waals surface area contributed by atoms with E-state index in [4.69, 9.17) is 5.73 Å². The second-order valence-corrected chi connectivity index (χ2v) is 4.61. The van der Waals surface area contributed by atoms with Crippen LogP contribution >= 0.6 is 0 Å². The van der Waals surface area contributed by atoms with Crippen molar-refractivity contribution >= 4 is 10.9 Å². The van der Waals surface area contributed by atoms with E-state index in [-0.39, 0.29) is 0 Å². The number of aryl methyl sites for hydroxylation is 1. The Balaban J connectivity index is 2.15. The zero-order valence-corrected chi connectivity index (χ0v) is 9.03. The Morgan fingerprint density at radius 3 is 3.07 bits per heavy atom. The highest BCUT2D eigenvalue weighted by atomic mass is 15.0. The highest BCUT2D eigenvalue weighted by Gasteiger charge is 2.21. The average Bonchev–Trinajstić information content (AvgIpc) is 2.73. The van der Waals surface area contributed by atoms with Gasteiger partial charge in [0.1, 0.15) is 0 Å². The minimum absolute atomic E-state index is 0.644. The molecule has 2 nitrogen and oxygen atoms in total. The van der Waals surface area contributed by atoms with Gasteiger partial charge in [-0.2, -0.15) is 0 Å². The van der Waals surface area contributed by atoms with E-state index in [9.17, 15) is 0 Å². The lowest BCUT2D eigenvalue weighted by molar-refractivity contribution is 0.530. The summed E-state index contributed by atoms with van der Waals surface area (Å²) in [6.45, 7) is 4.04. The second-order valence-electron chi connectivity index (χ2n) is 4.61. The smallest absolute Gasteiger partial charge is 0.0482 e. The van der Waals surface area contributed by atoms with Crippen molar-refractivity contribution in [3.8, 4) is 0 Å². The molecule has 1 aromatic heterocycles. The SMILES string of the molecule is Cc1ccc2c(c1)cc1n2CC(CN)C1. The third kappa shape index (κ3) is 1.29. The Bertz CT molecular complexity index is 510. The molecule has 2 N–H and O–H groups in total. The molecule has 0 saturated carbocycles. The van der Waals surface area contributed by atoms with Gasteiger partial charge in [0, 0.05) is 23.1 Å². The predicted octanol–water partition coefficient (Wildman–Crippen LogP) is 2.08. The van der Waals surface area contributed by atoms with Gasteiger partial charge in [0.15, 0.2) is 0 Å². The van der Waals surface area contributed by atoms with Crippen LogP contribution in [0, 0.1) is 12.8 Å². The van der Waals surface area contributed by atoms with Crippen LogP contribution in [0.25, 0.3) is 10.9 Å². The Labute approximate surface area is 89.7 Å². The largest absolute Gasteiger partial charge is 0.344 e. The Morgan fingerprint density at radius 1 is 1.40 bits per heavy atom. The molecule has 2 heteroatoms.